The van der Waals surface area contributed by atoms with Crippen LogP contribution in [0.3, 0.4) is 0 Å². The second kappa shape index (κ2) is 12.3. The van der Waals surface area contributed by atoms with Gasteiger partial charge in [0.15, 0.2) is 0 Å². The quantitative estimate of drug-likeness (QED) is 0.608. The van der Waals surface area contributed by atoms with Crippen LogP contribution in [0.1, 0.15) is 13.8 Å². The number of piperazine rings is 1. The molecular weight excluding hydrogens is 232 g/mol. The molecule has 0 aromatic carbocycles. The molecule has 1 aliphatic rings. The van der Waals surface area contributed by atoms with E-state index >= 15 is 0 Å². The SMILES string of the molecule is CN1CCN(C)CC1.CNC(C)=O.CNC(C)=O. The maximum absolute atomic E-state index is 9.70. The number of carbonyl (C=O) groups is 2. The molecule has 0 atom stereocenters. The number of hydrogen-bond acceptors (Lipinski definition) is 4. The Labute approximate surface area is 111 Å². The molecule has 18 heavy (non-hydrogen) atoms. The van der Waals surface area contributed by atoms with Gasteiger partial charge in [-0.25, -0.2) is 0 Å². The second-order valence-corrected chi connectivity index (χ2v) is 4.22. The summed E-state index contributed by atoms with van der Waals surface area (Å²) in [6, 6.07) is 0. The largest absolute Gasteiger partial charge is 0.359 e. The van der Waals surface area contributed by atoms with E-state index in [1.54, 1.807) is 14.1 Å². The summed E-state index contributed by atoms with van der Waals surface area (Å²) >= 11 is 0. The van der Waals surface area contributed by atoms with Crippen LogP contribution in [-0.2, 0) is 9.59 Å². The summed E-state index contributed by atoms with van der Waals surface area (Å²) in [5, 5.41) is 4.78. The lowest BCUT2D eigenvalue weighted by atomic mass is 10.4. The van der Waals surface area contributed by atoms with Crippen LogP contribution < -0.4 is 10.6 Å². The standard InChI is InChI=1S/C6H14N2.2C3H7NO/c1-7-3-5-8(2)6-4-7;2*1-3(5)4-2/h3-6H2,1-2H3;2*1-2H3,(H,4,5). The van der Waals surface area contributed by atoms with Crippen molar-refractivity contribution >= 4 is 11.8 Å². The number of rotatable bonds is 0. The van der Waals surface area contributed by atoms with Gasteiger partial charge in [0, 0.05) is 54.1 Å². The van der Waals surface area contributed by atoms with Gasteiger partial charge in [-0.2, -0.15) is 0 Å². The Morgan fingerprint density at radius 1 is 0.778 bits per heavy atom. The number of hydrogen-bond donors (Lipinski definition) is 2. The molecule has 0 unspecified atom stereocenters. The van der Waals surface area contributed by atoms with E-state index in [4.69, 9.17) is 0 Å². The highest BCUT2D eigenvalue weighted by Crippen LogP contribution is 1.93. The van der Waals surface area contributed by atoms with Crippen molar-refractivity contribution in [2.45, 2.75) is 13.8 Å². The van der Waals surface area contributed by atoms with Gasteiger partial charge in [-0.3, -0.25) is 9.59 Å². The molecule has 0 saturated carbocycles. The molecule has 1 heterocycles. The van der Waals surface area contributed by atoms with Crippen molar-refractivity contribution in [2.24, 2.45) is 0 Å². The zero-order valence-electron chi connectivity index (χ0n) is 12.5. The monoisotopic (exact) mass is 260 g/mol. The Balaban J connectivity index is 0. The lowest BCUT2D eigenvalue weighted by Crippen LogP contribution is -2.42. The normalized spacial score (nSPS) is 15.4. The van der Waals surface area contributed by atoms with Gasteiger partial charge in [0.25, 0.3) is 0 Å². The van der Waals surface area contributed by atoms with Crippen LogP contribution in [-0.4, -0.2) is 76.0 Å². The van der Waals surface area contributed by atoms with E-state index in [1.165, 1.54) is 40.0 Å². The van der Waals surface area contributed by atoms with Gasteiger partial charge >= 0.3 is 0 Å². The molecule has 0 radical (unpaired) electrons. The number of amides is 2. The summed E-state index contributed by atoms with van der Waals surface area (Å²) in [5.41, 5.74) is 0. The first-order valence-electron chi connectivity index (χ1n) is 6.07. The molecule has 6 heteroatoms. The van der Waals surface area contributed by atoms with E-state index in [0.717, 1.165) is 0 Å². The first-order valence-corrected chi connectivity index (χ1v) is 6.07. The van der Waals surface area contributed by atoms with Crippen LogP contribution in [0.2, 0.25) is 0 Å². The molecule has 1 rings (SSSR count). The Bertz CT molecular complexity index is 202. The number of nitrogens with zero attached hydrogens (tertiary/aromatic N) is 2. The minimum atomic E-state index is 0.00463. The van der Waals surface area contributed by atoms with E-state index in [2.05, 4.69) is 34.5 Å². The molecule has 0 aromatic heterocycles. The third kappa shape index (κ3) is 17.3. The molecule has 0 bridgehead atoms. The molecule has 0 aromatic rings. The molecule has 1 fully saturated rings. The lowest BCUT2D eigenvalue weighted by molar-refractivity contribution is -0.119. The minimum Gasteiger partial charge on any atom is -0.359 e. The Kier molecular flexibility index (Phi) is 13.1. The van der Waals surface area contributed by atoms with Gasteiger partial charge in [-0.15, -0.1) is 0 Å². The highest BCUT2D eigenvalue weighted by atomic mass is 16.1. The maximum Gasteiger partial charge on any atom is 0.216 e. The number of carbonyl (C=O) groups excluding carboxylic acids is 2. The van der Waals surface area contributed by atoms with Crippen molar-refractivity contribution < 1.29 is 9.59 Å². The van der Waals surface area contributed by atoms with Crippen molar-refractivity contribution in [2.75, 3.05) is 54.4 Å². The molecule has 6 nitrogen and oxygen atoms in total. The Hall–Kier alpha value is -1.14. The summed E-state index contributed by atoms with van der Waals surface area (Å²) < 4.78 is 0. The fraction of sp³-hybridized carbons (Fsp3) is 0.833. The predicted molar refractivity (Wildman–Crippen MR) is 74.5 cm³/mol. The summed E-state index contributed by atoms with van der Waals surface area (Å²) in [6.07, 6.45) is 0. The van der Waals surface area contributed by atoms with E-state index in [1.807, 2.05) is 0 Å². The van der Waals surface area contributed by atoms with E-state index < -0.39 is 0 Å². The summed E-state index contributed by atoms with van der Waals surface area (Å²) in [5.74, 6) is 0.00926. The van der Waals surface area contributed by atoms with Crippen molar-refractivity contribution in [1.29, 1.82) is 0 Å². The first kappa shape index (κ1) is 19.2. The van der Waals surface area contributed by atoms with Crippen LogP contribution in [0, 0.1) is 0 Å². The fourth-order valence-corrected chi connectivity index (χ4v) is 0.906. The molecule has 108 valence electrons. The number of likely N-dealkylation sites (N-methyl/N-ethyl adjacent to an activating group) is 2. The Morgan fingerprint density at radius 2 is 0.944 bits per heavy atom. The minimum absolute atomic E-state index is 0.00463. The molecule has 1 saturated heterocycles. The van der Waals surface area contributed by atoms with Gasteiger partial charge in [-0.05, 0) is 14.1 Å². The average molecular weight is 260 g/mol. The molecular formula is C12H28N4O2. The first-order chi connectivity index (χ1) is 8.33. The Morgan fingerprint density at radius 3 is 1.06 bits per heavy atom. The van der Waals surface area contributed by atoms with E-state index in [-0.39, 0.29) is 11.8 Å². The highest BCUT2D eigenvalue weighted by Gasteiger charge is 2.07. The van der Waals surface area contributed by atoms with E-state index in [9.17, 15) is 9.59 Å². The predicted octanol–water partition coefficient (Wildman–Crippen LogP) is -0.632. The smallest absolute Gasteiger partial charge is 0.216 e. The fourth-order valence-electron chi connectivity index (χ4n) is 0.906. The van der Waals surface area contributed by atoms with Crippen LogP contribution in [0.4, 0.5) is 0 Å². The topological polar surface area (TPSA) is 64.7 Å². The van der Waals surface area contributed by atoms with Crippen molar-refractivity contribution in [1.82, 2.24) is 20.4 Å². The van der Waals surface area contributed by atoms with E-state index in [0.29, 0.717) is 0 Å². The van der Waals surface area contributed by atoms with Gasteiger partial charge in [0.05, 0.1) is 0 Å². The van der Waals surface area contributed by atoms with Gasteiger partial charge < -0.3 is 20.4 Å². The van der Waals surface area contributed by atoms with Gasteiger partial charge in [0.1, 0.15) is 0 Å². The maximum atomic E-state index is 9.70. The molecule has 2 amide bonds. The van der Waals surface area contributed by atoms with Crippen LogP contribution in [0.5, 0.6) is 0 Å². The van der Waals surface area contributed by atoms with Crippen LogP contribution >= 0.6 is 0 Å². The van der Waals surface area contributed by atoms with Crippen LogP contribution in [0.15, 0.2) is 0 Å². The lowest BCUT2D eigenvalue weighted by Gasteiger charge is -2.28. The summed E-state index contributed by atoms with van der Waals surface area (Å²) in [4.78, 5) is 24.1. The number of nitrogens with one attached hydrogen (secondary N) is 2. The molecule has 2 N–H and O–H groups in total. The molecule has 0 aliphatic carbocycles. The summed E-state index contributed by atoms with van der Waals surface area (Å²) in [6.45, 7) is 7.88. The molecule has 0 spiro atoms. The zero-order valence-corrected chi connectivity index (χ0v) is 12.5. The third-order valence-electron chi connectivity index (χ3n) is 2.43. The van der Waals surface area contributed by atoms with Gasteiger partial charge in [-0.1, -0.05) is 0 Å². The van der Waals surface area contributed by atoms with Crippen molar-refractivity contribution in [3.05, 3.63) is 0 Å². The van der Waals surface area contributed by atoms with Crippen molar-refractivity contribution in [3.8, 4) is 0 Å². The second-order valence-electron chi connectivity index (χ2n) is 4.22. The van der Waals surface area contributed by atoms with Gasteiger partial charge in [0.2, 0.25) is 11.8 Å². The zero-order chi connectivity index (χ0) is 14.6. The molecule has 1 aliphatic heterocycles. The highest BCUT2D eigenvalue weighted by molar-refractivity contribution is 5.72. The average Bonchev–Trinajstić information content (AvgIpc) is 2.34. The third-order valence-corrected chi connectivity index (χ3v) is 2.43. The van der Waals surface area contributed by atoms with Crippen LogP contribution in [0.25, 0.3) is 0 Å². The van der Waals surface area contributed by atoms with Crippen molar-refractivity contribution in [3.63, 3.8) is 0 Å². The summed E-state index contributed by atoms with van der Waals surface area (Å²) in [7, 11) is 7.55.